The first-order valence-corrected chi connectivity index (χ1v) is 13.5. The summed E-state index contributed by atoms with van der Waals surface area (Å²) in [6.07, 6.45) is 0. The number of nitriles is 2. The van der Waals surface area contributed by atoms with E-state index in [4.69, 9.17) is 21.6 Å². The molecule has 1 aliphatic heterocycles. The van der Waals surface area contributed by atoms with Crippen LogP contribution in [0.4, 0.5) is 17.2 Å². The van der Waals surface area contributed by atoms with Crippen molar-refractivity contribution in [2.24, 2.45) is 0 Å². The second-order valence-electron chi connectivity index (χ2n) is 10.1. The number of rotatable bonds is 6. The van der Waals surface area contributed by atoms with Crippen LogP contribution in [-0.4, -0.2) is 51.7 Å². The summed E-state index contributed by atoms with van der Waals surface area (Å²) in [4.78, 5) is 29.8. The van der Waals surface area contributed by atoms with Gasteiger partial charge in [-0.05, 0) is 62.7 Å². The Morgan fingerprint density at radius 2 is 1.93 bits per heavy atom. The predicted molar refractivity (Wildman–Crippen MR) is 157 cm³/mol. The number of hydrogen-bond donors (Lipinski definition) is 2. The number of pyridine rings is 1. The van der Waals surface area contributed by atoms with E-state index < -0.39 is 5.97 Å². The maximum atomic E-state index is 11.8. The third-order valence-electron chi connectivity index (χ3n) is 7.17. The van der Waals surface area contributed by atoms with Crippen LogP contribution in [0.15, 0.2) is 48.5 Å². The molecule has 2 aromatic carbocycles. The van der Waals surface area contributed by atoms with Gasteiger partial charge in [-0.2, -0.15) is 10.5 Å². The lowest BCUT2D eigenvalue weighted by Gasteiger charge is -2.41. The molecule has 0 radical (unpaired) electrons. The van der Waals surface area contributed by atoms with E-state index in [1.165, 1.54) is 6.07 Å². The Morgan fingerprint density at radius 3 is 2.63 bits per heavy atom. The van der Waals surface area contributed by atoms with Gasteiger partial charge in [0.1, 0.15) is 11.2 Å². The first-order valence-electron chi connectivity index (χ1n) is 13.1. The number of hydrogen-bond acceptors (Lipinski definition) is 9. The number of anilines is 3. The number of piperazine rings is 1. The minimum atomic E-state index is -1.19. The average Bonchev–Trinajstić information content (AvgIpc) is 2.96. The van der Waals surface area contributed by atoms with Gasteiger partial charge in [0.15, 0.2) is 17.2 Å². The molecular weight excluding hydrogens is 540 g/mol. The van der Waals surface area contributed by atoms with Crippen molar-refractivity contribution in [1.29, 1.82) is 10.5 Å². The molecule has 0 saturated carbocycles. The van der Waals surface area contributed by atoms with Crippen molar-refractivity contribution in [3.63, 3.8) is 0 Å². The SMILES string of the molecule is Cc1cc([C@@H](C)Nc2ccc(Cl)nc2C(=O)O)c2nc(N3CCN(c4cccc(C#N)c4)CC3C)c(C#N)nc2c1. The van der Waals surface area contributed by atoms with Gasteiger partial charge >= 0.3 is 5.97 Å². The highest BCUT2D eigenvalue weighted by atomic mass is 35.5. The average molecular weight is 567 g/mol. The first kappa shape index (κ1) is 27.6. The number of carbonyl (C=O) groups is 1. The molecule has 2 atom stereocenters. The van der Waals surface area contributed by atoms with Gasteiger partial charge < -0.3 is 20.2 Å². The molecule has 0 aliphatic carbocycles. The molecule has 2 N–H and O–H groups in total. The van der Waals surface area contributed by atoms with E-state index >= 15 is 0 Å². The van der Waals surface area contributed by atoms with Gasteiger partial charge in [0.25, 0.3) is 0 Å². The molecule has 0 amide bonds. The van der Waals surface area contributed by atoms with Crippen molar-refractivity contribution >= 4 is 45.8 Å². The van der Waals surface area contributed by atoms with Crippen molar-refractivity contribution in [2.45, 2.75) is 32.9 Å². The quantitative estimate of drug-likeness (QED) is 0.294. The van der Waals surface area contributed by atoms with Gasteiger partial charge in [0, 0.05) is 36.9 Å². The van der Waals surface area contributed by atoms with Crippen LogP contribution in [0.25, 0.3) is 11.0 Å². The van der Waals surface area contributed by atoms with Crippen LogP contribution in [0.2, 0.25) is 5.15 Å². The van der Waals surface area contributed by atoms with Crippen molar-refractivity contribution in [3.8, 4) is 12.1 Å². The Hall–Kier alpha value is -4.93. The molecule has 1 fully saturated rings. The third-order valence-corrected chi connectivity index (χ3v) is 7.38. The Labute approximate surface area is 242 Å². The number of aromatic nitrogens is 3. The fraction of sp³-hybridized carbons (Fsp3) is 0.267. The standard InChI is InChI=1S/C30H27ClN8O2/c1-17-11-22(19(3)34-23-7-8-26(31)36-28(23)30(40)41)27-24(12-17)35-25(15-33)29(37-27)39-10-9-38(16-18(39)2)21-6-4-5-20(13-21)14-32/h4-8,11-13,18-19,34H,9-10,16H2,1-3H3,(H,40,41)/t18?,19-/m1/s1. The molecule has 0 spiro atoms. The molecular formula is C30H27ClN8O2. The van der Waals surface area contributed by atoms with Crippen LogP contribution >= 0.6 is 11.6 Å². The van der Waals surface area contributed by atoms with E-state index in [9.17, 15) is 20.4 Å². The highest BCUT2D eigenvalue weighted by Crippen LogP contribution is 2.32. The summed E-state index contributed by atoms with van der Waals surface area (Å²) in [5.41, 5.74) is 4.95. The summed E-state index contributed by atoms with van der Waals surface area (Å²) in [6, 6.07) is 18.6. The van der Waals surface area contributed by atoms with Crippen LogP contribution in [-0.2, 0) is 0 Å². The van der Waals surface area contributed by atoms with Gasteiger partial charge in [-0.1, -0.05) is 23.7 Å². The van der Waals surface area contributed by atoms with Crippen LogP contribution in [0.1, 0.15) is 52.8 Å². The van der Waals surface area contributed by atoms with E-state index in [1.807, 2.05) is 44.2 Å². The summed E-state index contributed by atoms with van der Waals surface area (Å²) >= 11 is 5.93. The maximum Gasteiger partial charge on any atom is 0.356 e. The van der Waals surface area contributed by atoms with Gasteiger partial charge in [-0.15, -0.1) is 0 Å². The number of fused-ring (bicyclic) bond motifs is 1. The molecule has 1 aliphatic rings. The Kier molecular flexibility index (Phi) is 7.60. The van der Waals surface area contributed by atoms with Crippen molar-refractivity contribution in [3.05, 3.63) is 81.8 Å². The molecule has 11 heteroatoms. The second kappa shape index (κ2) is 11.3. The Morgan fingerprint density at radius 1 is 1.12 bits per heavy atom. The number of carboxylic acids is 1. The molecule has 0 bridgehead atoms. The Balaban J connectivity index is 1.50. The number of nitrogens with one attached hydrogen (secondary N) is 1. The van der Waals surface area contributed by atoms with Crippen molar-refractivity contribution < 1.29 is 9.90 Å². The molecule has 1 unspecified atom stereocenters. The molecule has 41 heavy (non-hydrogen) atoms. The summed E-state index contributed by atoms with van der Waals surface area (Å²) in [7, 11) is 0. The van der Waals surface area contributed by atoms with Crippen LogP contribution in [0.5, 0.6) is 0 Å². The van der Waals surface area contributed by atoms with Crippen molar-refractivity contribution in [2.75, 3.05) is 34.8 Å². The third kappa shape index (κ3) is 5.56. The number of nitrogens with zero attached hydrogens (tertiary/aromatic N) is 7. The lowest BCUT2D eigenvalue weighted by Crippen LogP contribution is -2.52. The normalized spacial score (nSPS) is 15.7. The van der Waals surface area contributed by atoms with Crippen molar-refractivity contribution in [1.82, 2.24) is 15.0 Å². The van der Waals surface area contributed by atoms with E-state index in [0.29, 0.717) is 47.7 Å². The zero-order valence-electron chi connectivity index (χ0n) is 22.8. The zero-order chi connectivity index (χ0) is 29.3. The van der Waals surface area contributed by atoms with Gasteiger partial charge in [0.2, 0.25) is 0 Å². The summed E-state index contributed by atoms with van der Waals surface area (Å²) in [5, 5.41) is 32.3. The summed E-state index contributed by atoms with van der Waals surface area (Å²) < 4.78 is 0. The minimum absolute atomic E-state index is 0.0102. The fourth-order valence-electron chi connectivity index (χ4n) is 5.23. The Bertz CT molecular complexity index is 1750. The lowest BCUT2D eigenvalue weighted by molar-refractivity contribution is 0.0691. The topological polar surface area (TPSA) is 142 Å². The highest BCUT2D eigenvalue weighted by Gasteiger charge is 2.29. The van der Waals surface area contributed by atoms with E-state index in [2.05, 4.69) is 39.2 Å². The highest BCUT2D eigenvalue weighted by molar-refractivity contribution is 6.29. The number of halogens is 1. The zero-order valence-corrected chi connectivity index (χ0v) is 23.5. The largest absolute Gasteiger partial charge is 0.476 e. The molecule has 3 heterocycles. The number of carboxylic acid groups (broad SMARTS) is 1. The molecule has 1 saturated heterocycles. The summed E-state index contributed by atoms with van der Waals surface area (Å²) in [5.74, 6) is -0.681. The predicted octanol–water partition coefficient (Wildman–Crippen LogP) is 5.32. The monoisotopic (exact) mass is 566 g/mol. The van der Waals surface area contributed by atoms with E-state index in [-0.39, 0.29) is 28.6 Å². The minimum Gasteiger partial charge on any atom is -0.476 e. The smallest absolute Gasteiger partial charge is 0.356 e. The van der Waals surface area contributed by atoms with Crippen LogP contribution in [0.3, 0.4) is 0 Å². The van der Waals surface area contributed by atoms with Gasteiger partial charge in [-0.3, -0.25) is 0 Å². The van der Waals surface area contributed by atoms with E-state index in [1.54, 1.807) is 12.1 Å². The van der Waals surface area contributed by atoms with Gasteiger partial charge in [-0.25, -0.2) is 19.7 Å². The first-order chi connectivity index (χ1) is 19.7. The molecule has 2 aromatic heterocycles. The van der Waals surface area contributed by atoms with Crippen LogP contribution < -0.4 is 15.1 Å². The summed E-state index contributed by atoms with van der Waals surface area (Å²) in [6.45, 7) is 7.90. The van der Waals surface area contributed by atoms with Gasteiger partial charge in [0.05, 0.1) is 34.4 Å². The molecule has 10 nitrogen and oxygen atoms in total. The number of aryl methyl sites for hydroxylation is 1. The van der Waals surface area contributed by atoms with E-state index in [0.717, 1.165) is 16.8 Å². The number of benzene rings is 2. The lowest BCUT2D eigenvalue weighted by atomic mass is 10.0. The second-order valence-corrected chi connectivity index (χ2v) is 10.5. The number of aromatic carboxylic acids is 1. The fourth-order valence-corrected chi connectivity index (χ4v) is 5.38. The maximum absolute atomic E-state index is 11.8. The molecule has 206 valence electrons. The van der Waals surface area contributed by atoms with Crippen LogP contribution in [0, 0.1) is 29.6 Å². The molecule has 5 rings (SSSR count). The molecule has 4 aromatic rings.